The zero-order valence-electron chi connectivity index (χ0n) is 10.0. The molecule has 0 aromatic heterocycles. The van der Waals surface area contributed by atoms with Crippen LogP contribution in [0.1, 0.15) is 19.8 Å². The third-order valence-electron chi connectivity index (χ3n) is 2.00. The second kappa shape index (κ2) is 7.16. The lowest BCUT2D eigenvalue weighted by molar-refractivity contribution is -0.138. The van der Waals surface area contributed by atoms with Gasteiger partial charge in [0.25, 0.3) is 0 Å². The topological polar surface area (TPSA) is 66.6 Å². The van der Waals surface area contributed by atoms with Gasteiger partial charge in [0, 0.05) is 20.6 Å². The molecule has 16 heavy (non-hydrogen) atoms. The summed E-state index contributed by atoms with van der Waals surface area (Å²) in [5, 5.41) is 0. The van der Waals surface area contributed by atoms with Gasteiger partial charge in [-0.3, -0.25) is 9.59 Å². The molecule has 0 atom stereocenters. The van der Waals surface area contributed by atoms with Crippen LogP contribution in [0, 0.1) is 0 Å². The van der Waals surface area contributed by atoms with E-state index >= 15 is 0 Å². The molecule has 0 fully saturated rings. The van der Waals surface area contributed by atoms with Crippen molar-refractivity contribution < 1.29 is 9.59 Å². The number of hydrogen-bond acceptors (Lipinski definition) is 3. The summed E-state index contributed by atoms with van der Waals surface area (Å²) in [6.45, 7) is 2.57. The number of nitrogens with two attached hydrogens (primary N) is 1. The molecule has 0 bridgehead atoms. The van der Waals surface area contributed by atoms with Crippen LogP contribution in [-0.4, -0.2) is 53.8 Å². The van der Waals surface area contributed by atoms with Crippen LogP contribution in [0.25, 0.3) is 0 Å². The van der Waals surface area contributed by atoms with E-state index in [1.165, 1.54) is 9.80 Å². The Morgan fingerprint density at radius 2 is 1.81 bits per heavy atom. The number of carbonyl (C=O) groups excluding carboxylic acids is 2. The lowest BCUT2D eigenvalue weighted by atomic mass is 10.3. The van der Waals surface area contributed by atoms with Crippen molar-refractivity contribution in [3.63, 3.8) is 0 Å². The highest BCUT2D eigenvalue weighted by molar-refractivity contribution is 7.80. The first-order valence-corrected chi connectivity index (χ1v) is 5.55. The third-order valence-corrected chi connectivity index (χ3v) is 2.14. The van der Waals surface area contributed by atoms with Crippen molar-refractivity contribution in [3.8, 4) is 0 Å². The highest BCUT2D eigenvalue weighted by Gasteiger charge is 2.17. The molecule has 0 aromatic rings. The van der Waals surface area contributed by atoms with E-state index < -0.39 is 0 Å². The van der Waals surface area contributed by atoms with Crippen LogP contribution in [-0.2, 0) is 9.59 Å². The van der Waals surface area contributed by atoms with Crippen LogP contribution in [0.4, 0.5) is 0 Å². The van der Waals surface area contributed by atoms with E-state index in [-0.39, 0.29) is 29.8 Å². The van der Waals surface area contributed by atoms with Crippen LogP contribution < -0.4 is 5.73 Å². The van der Waals surface area contributed by atoms with Crippen molar-refractivity contribution in [2.45, 2.75) is 19.8 Å². The van der Waals surface area contributed by atoms with Gasteiger partial charge in [0.15, 0.2) is 0 Å². The van der Waals surface area contributed by atoms with Gasteiger partial charge in [0.1, 0.15) is 0 Å². The van der Waals surface area contributed by atoms with Gasteiger partial charge in [-0.05, 0) is 6.42 Å². The van der Waals surface area contributed by atoms with Crippen molar-refractivity contribution in [1.82, 2.24) is 9.80 Å². The Balaban J connectivity index is 4.42. The van der Waals surface area contributed by atoms with Crippen molar-refractivity contribution in [2.24, 2.45) is 5.73 Å². The average molecular weight is 245 g/mol. The highest BCUT2D eigenvalue weighted by atomic mass is 32.1. The molecule has 0 spiro atoms. The van der Waals surface area contributed by atoms with Gasteiger partial charge in [-0.1, -0.05) is 19.1 Å². The molecule has 0 aromatic carbocycles. The number of amides is 2. The Morgan fingerprint density at radius 3 is 2.19 bits per heavy atom. The number of rotatable bonds is 6. The predicted octanol–water partition coefficient (Wildman–Crippen LogP) is -0.0106. The molecule has 0 aliphatic rings. The van der Waals surface area contributed by atoms with Crippen LogP contribution in [0.2, 0.25) is 0 Å². The summed E-state index contributed by atoms with van der Waals surface area (Å²) in [5.41, 5.74) is 5.31. The predicted molar refractivity (Wildman–Crippen MR) is 67.0 cm³/mol. The second-order valence-electron chi connectivity index (χ2n) is 3.75. The Bertz CT molecular complexity index is 279. The number of thiocarbonyl (C=S) groups is 1. The van der Waals surface area contributed by atoms with Gasteiger partial charge in [-0.25, -0.2) is 0 Å². The second-order valence-corrected chi connectivity index (χ2v) is 4.27. The minimum absolute atomic E-state index is 0.0239. The lowest BCUT2D eigenvalue weighted by Gasteiger charge is -2.23. The summed E-state index contributed by atoms with van der Waals surface area (Å²) in [6, 6.07) is 0. The summed E-state index contributed by atoms with van der Waals surface area (Å²) in [6.07, 6.45) is 0.819. The molecule has 2 amide bonds. The first-order chi connectivity index (χ1) is 7.38. The number of likely N-dealkylation sites (N-methyl/N-ethyl adjacent to an activating group) is 1. The molecule has 6 heteroatoms. The van der Waals surface area contributed by atoms with Crippen LogP contribution in [0.15, 0.2) is 0 Å². The third kappa shape index (κ3) is 5.65. The quantitative estimate of drug-likeness (QED) is 0.668. The smallest absolute Gasteiger partial charge is 0.241 e. The first-order valence-electron chi connectivity index (χ1n) is 5.14. The van der Waals surface area contributed by atoms with Gasteiger partial charge in [-0.2, -0.15) is 0 Å². The first kappa shape index (κ1) is 14.8. The minimum Gasteiger partial charge on any atom is -0.393 e. The summed E-state index contributed by atoms with van der Waals surface area (Å²) < 4.78 is 0. The number of hydrogen-bond donors (Lipinski definition) is 1. The molecule has 5 nitrogen and oxygen atoms in total. The molecule has 0 unspecified atom stereocenters. The Morgan fingerprint density at radius 1 is 1.25 bits per heavy atom. The minimum atomic E-state index is -0.190. The average Bonchev–Trinajstić information content (AvgIpc) is 2.15. The molecule has 0 saturated heterocycles. The van der Waals surface area contributed by atoms with Crippen molar-refractivity contribution in [1.29, 1.82) is 0 Å². The fraction of sp³-hybridized carbons (Fsp3) is 0.700. The van der Waals surface area contributed by atoms with Gasteiger partial charge in [-0.15, -0.1) is 0 Å². The normalized spacial score (nSPS) is 9.69. The van der Waals surface area contributed by atoms with E-state index in [0.29, 0.717) is 6.54 Å². The van der Waals surface area contributed by atoms with Crippen molar-refractivity contribution >= 4 is 29.0 Å². The highest BCUT2D eigenvalue weighted by Crippen LogP contribution is 1.98. The van der Waals surface area contributed by atoms with Crippen molar-refractivity contribution in [3.05, 3.63) is 0 Å². The Kier molecular flexibility index (Phi) is 6.64. The molecule has 0 radical (unpaired) electrons. The fourth-order valence-corrected chi connectivity index (χ4v) is 1.25. The van der Waals surface area contributed by atoms with Gasteiger partial charge in [0.2, 0.25) is 11.8 Å². The Hall–Kier alpha value is -1.17. The molecule has 0 rings (SSSR count). The molecule has 92 valence electrons. The zero-order chi connectivity index (χ0) is 12.7. The maximum atomic E-state index is 11.7. The van der Waals surface area contributed by atoms with Gasteiger partial charge < -0.3 is 15.5 Å². The van der Waals surface area contributed by atoms with Crippen molar-refractivity contribution in [2.75, 3.05) is 27.2 Å². The van der Waals surface area contributed by atoms with Crippen LogP contribution in [0.3, 0.4) is 0 Å². The molecule has 0 aliphatic heterocycles. The standard InChI is InChI=1S/C10H19N3O2S/c1-4-5-13(7-10(15)12(2)3)9(14)6-8(11)16/h4-7H2,1-3H3,(H2,11,16). The summed E-state index contributed by atoms with van der Waals surface area (Å²) in [7, 11) is 3.31. The van der Waals surface area contributed by atoms with Gasteiger partial charge in [0.05, 0.1) is 18.0 Å². The largest absolute Gasteiger partial charge is 0.393 e. The zero-order valence-corrected chi connectivity index (χ0v) is 10.8. The molecular weight excluding hydrogens is 226 g/mol. The maximum Gasteiger partial charge on any atom is 0.241 e. The van der Waals surface area contributed by atoms with E-state index in [1.54, 1.807) is 14.1 Å². The summed E-state index contributed by atoms with van der Waals surface area (Å²) in [4.78, 5) is 26.3. The molecule has 0 heterocycles. The SMILES string of the molecule is CCCN(CC(=O)N(C)C)C(=O)CC(N)=S. The summed E-state index contributed by atoms with van der Waals surface area (Å²) >= 11 is 4.68. The van der Waals surface area contributed by atoms with Gasteiger partial charge >= 0.3 is 0 Å². The summed E-state index contributed by atoms with van der Waals surface area (Å²) in [5.74, 6) is -0.297. The molecular formula is C10H19N3O2S. The fourth-order valence-electron chi connectivity index (χ4n) is 1.13. The van der Waals surface area contributed by atoms with E-state index in [4.69, 9.17) is 5.73 Å². The number of nitrogens with zero attached hydrogens (tertiary/aromatic N) is 2. The molecule has 2 N–H and O–H groups in total. The van der Waals surface area contributed by atoms with E-state index in [0.717, 1.165) is 6.42 Å². The lowest BCUT2D eigenvalue weighted by Crippen LogP contribution is -2.41. The Labute approximate surface area is 102 Å². The molecule has 0 aliphatic carbocycles. The monoisotopic (exact) mass is 245 g/mol. The van der Waals surface area contributed by atoms with Crippen LogP contribution in [0.5, 0.6) is 0 Å². The maximum absolute atomic E-state index is 11.7. The van der Waals surface area contributed by atoms with E-state index in [2.05, 4.69) is 12.2 Å². The van der Waals surface area contributed by atoms with Crippen LogP contribution >= 0.6 is 12.2 Å². The van der Waals surface area contributed by atoms with E-state index in [1.807, 2.05) is 6.92 Å². The van der Waals surface area contributed by atoms with E-state index in [9.17, 15) is 9.59 Å². The molecule has 0 saturated carbocycles. The number of carbonyl (C=O) groups is 2.